The summed E-state index contributed by atoms with van der Waals surface area (Å²) >= 11 is 1.82. The molecule has 0 bridgehead atoms. The van der Waals surface area contributed by atoms with Gasteiger partial charge in [-0.05, 0) is 74.0 Å². The van der Waals surface area contributed by atoms with E-state index in [1.54, 1.807) is 0 Å². The van der Waals surface area contributed by atoms with E-state index in [2.05, 4.69) is 50.4 Å². The van der Waals surface area contributed by atoms with Gasteiger partial charge in [0, 0.05) is 22.0 Å². The van der Waals surface area contributed by atoms with E-state index in [0.29, 0.717) is 17.4 Å². The van der Waals surface area contributed by atoms with Gasteiger partial charge in [-0.2, -0.15) is 0 Å². The average molecular weight is 412 g/mol. The highest BCUT2D eigenvalue weighted by atomic mass is 32.1. The SMILES string of the molecule is Cc1ccc(NC[C@H]2CCCC[C@H]2c2sc3c(c2C(=O)O)CC(C)(C)CC3)cc1. The number of hydrogen-bond donors (Lipinski definition) is 2. The van der Waals surface area contributed by atoms with E-state index >= 15 is 0 Å². The van der Waals surface area contributed by atoms with Gasteiger partial charge >= 0.3 is 5.97 Å². The second-order valence-electron chi connectivity index (χ2n) is 9.79. The van der Waals surface area contributed by atoms with E-state index in [-0.39, 0.29) is 5.41 Å². The van der Waals surface area contributed by atoms with Crippen molar-refractivity contribution in [3.8, 4) is 0 Å². The van der Waals surface area contributed by atoms with E-state index < -0.39 is 5.97 Å². The summed E-state index contributed by atoms with van der Waals surface area (Å²) in [6.45, 7) is 7.57. The van der Waals surface area contributed by atoms with Gasteiger partial charge in [0.05, 0.1) is 5.56 Å². The van der Waals surface area contributed by atoms with Crippen LogP contribution in [-0.2, 0) is 12.8 Å². The summed E-state index contributed by atoms with van der Waals surface area (Å²) in [4.78, 5) is 14.8. The molecule has 1 saturated carbocycles. The lowest BCUT2D eigenvalue weighted by Gasteiger charge is -2.32. The molecule has 4 heteroatoms. The first-order valence-corrected chi connectivity index (χ1v) is 11.8. The van der Waals surface area contributed by atoms with Crippen molar-refractivity contribution in [2.75, 3.05) is 11.9 Å². The molecule has 1 heterocycles. The molecule has 3 nitrogen and oxygen atoms in total. The number of nitrogens with one attached hydrogen (secondary N) is 1. The predicted molar refractivity (Wildman–Crippen MR) is 121 cm³/mol. The minimum Gasteiger partial charge on any atom is -0.478 e. The minimum atomic E-state index is -0.717. The molecule has 0 unspecified atom stereocenters. The van der Waals surface area contributed by atoms with Crippen molar-refractivity contribution in [2.24, 2.45) is 11.3 Å². The molecular weight excluding hydrogens is 378 g/mol. The van der Waals surface area contributed by atoms with Crippen LogP contribution in [0.5, 0.6) is 0 Å². The fourth-order valence-electron chi connectivity index (χ4n) is 5.15. The maximum Gasteiger partial charge on any atom is 0.337 e. The molecule has 156 valence electrons. The normalized spacial score (nSPS) is 23.4. The molecule has 0 saturated heterocycles. The van der Waals surface area contributed by atoms with Crippen molar-refractivity contribution in [3.05, 3.63) is 50.7 Å². The number of rotatable bonds is 5. The topological polar surface area (TPSA) is 49.3 Å². The van der Waals surface area contributed by atoms with Crippen molar-refractivity contribution in [3.63, 3.8) is 0 Å². The minimum absolute atomic E-state index is 0.203. The number of carboxylic acids is 1. The van der Waals surface area contributed by atoms with E-state index in [1.807, 2.05) is 11.3 Å². The van der Waals surface area contributed by atoms with Crippen molar-refractivity contribution in [2.45, 2.75) is 71.6 Å². The highest BCUT2D eigenvalue weighted by Gasteiger charge is 2.37. The zero-order valence-corrected chi connectivity index (χ0v) is 18.7. The molecule has 0 spiro atoms. The van der Waals surface area contributed by atoms with Gasteiger partial charge in [0.1, 0.15) is 0 Å². The lowest BCUT2D eigenvalue weighted by atomic mass is 9.74. The summed E-state index contributed by atoms with van der Waals surface area (Å²) in [7, 11) is 0. The molecule has 0 aliphatic heterocycles. The Labute approximate surface area is 178 Å². The predicted octanol–water partition coefficient (Wildman–Crippen LogP) is 6.66. The second-order valence-corrected chi connectivity index (χ2v) is 10.9. The summed E-state index contributed by atoms with van der Waals surface area (Å²) in [6, 6.07) is 8.56. The summed E-state index contributed by atoms with van der Waals surface area (Å²) in [6.07, 6.45) is 7.84. The van der Waals surface area contributed by atoms with Crippen LogP contribution in [0.4, 0.5) is 5.69 Å². The van der Waals surface area contributed by atoms with Gasteiger partial charge in [-0.15, -0.1) is 11.3 Å². The van der Waals surface area contributed by atoms with Crippen LogP contribution in [0.15, 0.2) is 24.3 Å². The highest BCUT2D eigenvalue weighted by Crippen LogP contribution is 2.48. The molecule has 29 heavy (non-hydrogen) atoms. The number of thiophene rings is 1. The summed E-state index contributed by atoms with van der Waals surface area (Å²) in [5.41, 5.74) is 4.43. The standard InChI is InChI=1S/C25H33NO2S/c1-16-8-10-18(11-9-16)26-15-17-6-4-5-7-19(17)23-22(24(27)28)20-14-25(2,3)13-12-21(20)29-23/h8-11,17,19,26H,4-7,12-15H2,1-3H3,(H,27,28)/t17-,19-/m1/s1. The van der Waals surface area contributed by atoms with E-state index in [4.69, 9.17) is 0 Å². The van der Waals surface area contributed by atoms with Crippen LogP contribution in [0.2, 0.25) is 0 Å². The molecule has 2 atom stereocenters. The smallest absolute Gasteiger partial charge is 0.337 e. The maximum absolute atomic E-state index is 12.3. The Balaban J connectivity index is 1.60. The summed E-state index contributed by atoms with van der Waals surface area (Å²) in [5, 5.41) is 13.7. The maximum atomic E-state index is 12.3. The van der Waals surface area contributed by atoms with Gasteiger partial charge in [0.2, 0.25) is 0 Å². The molecule has 1 aromatic heterocycles. The van der Waals surface area contributed by atoms with Gasteiger partial charge in [0.15, 0.2) is 0 Å². The van der Waals surface area contributed by atoms with Crippen LogP contribution in [0.1, 0.15) is 83.1 Å². The van der Waals surface area contributed by atoms with Crippen LogP contribution in [-0.4, -0.2) is 17.6 Å². The van der Waals surface area contributed by atoms with Gasteiger partial charge < -0.3 is 10.4 Å². The number of anilines is 1. The Morgan fingerprint density at radius 1 is 1.21 bits per heavy atom. The molecule has 4 rings (SSSR count). The number of aromatic carboxylic acids is 1. The second kappa shape index (κ2) is 8.14. The molecular formula is C25H33NO2S. The first kappa shape index (κ1) is 20.5. The number of hydrogen-bond acceptors (Lipinski definition) is 3. The Kier molecular flexibility index (Phi) is 5.74. The lowest BCUT2D eigenvalue weighted by molar-refractivity contribution is 0.0693. The summed E-state index contributed by atoms with van der Waals surface area (Å²) in [5.74, 6) is 0.147. The third-order valence-corrected chi connectivity index (χ3v) is 8.31. The van der Waals surface area contributed by atoms with Crippen LogP contribution < -0.4 is 5.32 Å². The number of carboxylic acid groups (broad SMARTS) is 1. The van der Waals surface area contributed by atoms with E-state index in [0.717, 1.165) is 48.4 Å². The molecule has 1 aromatic carbocycles. The van der Waals surface area contributed by atoms with Gasteiger partial charge in [-0.3, -0.25) is 0 Å². The fraction of sp³-hybridized carbons (Fsp3) is 0.560. The van der Waals surface area contributed by atoms with Crippen LogP contribution in [0.25, 0.3) is 0 Å². The Morgan fingerprint density at radius 2 is 1.93 bits per heavy atom. The Bertz CT molecular complexity index is 881. The van der Waals surface area contributed by atoms with Gasteiger partial charge in [-0.25, -0.2) is 4.79 Å². The van der Waals surface area contributed by atoms with Gasteiger partial charge in [-0.1, -0.05) is 44.4 Å². The molecule has 2 N–H and O–H groups in total. The number of aryl methyl sites for hydroxylation is 2. The Morgan fingerprint density at radius 3 is 2.66 bits per heavy atom. The number of carbonyl (C=O) groups is 1. The first-order valence-electron chi connectivity index (χ1n) is 11.0. The third kappa shape index (κ3) is 4.37. The fourth-order valence-corrected chi connectivity index (χ4v) is 6.70. The number of fused-ring (bicyclic) bond motifs is 1. The van der Waals surface area contributed by atoms with Crippen LogP contribution >= 0.6 is 11.3 Å². The van der Waals surface area contributed by atoms with Crippen LogP contribution in [0.3, 0.4) is 0 Å². The molecule has 2 aromatic rings. The average Bonchev–Trinajstić information content (AvgIpc) is 3.05. The summed E-state index contributed by atoms with van der Waals surface area (Å²) < 4.78 is 0. The van der Waals surface area contributed by atoms with Crippen molar-refractivity contribution in [1.82, 2.24) is 0 Å². The third-order valence-electron chi connectivity index (χ3n) is 6.88. The van der Waals surface area contributed by atoms with Crippen molar-refractivity contribution >= 4 is 23.0 Å². The van der Waals surface area contributed by atoms with E-state index in [9.17, 15) is 9.90 Å². The first-order chi connectivity index (χ1) is 13.8. The Hall–Kier alpha value is -1.81. The number of benzene rings is 1. The molecule has 0 amide bonds. The molecule has 0 radical (unpaired) electrons. The zero-order chi connectivity index (χ0) is 20.6. The molecule has 1 fully saturated rings. The van der Waals surface area contributed by atoms with Crippen LogP contribution in [0, 0.1) is 18.3 Å². The monoisotopic (exact) mass is 411 g/mol. The van der Waals surface area contributed by atoms with E-state index in [1.165, 1.54) is 29.7 Å². The van der Waals surface area contributed by atoms with Crippen molar-refractivity contribution < 1.29 is 9.90 Å². The highest BCUT2D eigenvalue weighted by molar-refractivity contribution is 7.12. The lowest BCUT2D eigenvalue weighted by Crippen LogP contribution is -2.26. The van der Waals surface area contributed by atoms with Crippen molar-refractivity contribution in [1.29, 1.82) is 0 Å². The largest absolute Gasteiger partial charge is 0.478 e. The molecule has 2 aliphatic rings. The quantitative estimate of drug-likeness (QED) is 0.579. The zero-order valence-electron chi connectivity index (χ0n) is 17.9. The van der Waals surface area contributed by atoms with Gasteiger partial charge in [0.25, 0.3) is 0 Å². The molecule has 2 aliphatic carbocycles.